The molecule has 0 radical (unpaired) electrons. The summed E-state index contributed by atoms with van der Waals surface area (Å²) in [5.74, 6) is -0.257. The Morgan fingerprint density at radius 3 is 2.47 bits per heavy atom. The first-order chi connectivity index (χ1) is 14.5. The Kier molecular flexibility index (Phi) is 7.69. The minimum Gasteiger partial charge on any atom is -0.383 e. The number of aromatic nitrogens is 1. The summed E-state index contributed by atoms with van der Waals surface area (Å²) in [6.45, 7) is 3.50. The number of aryl methyl sites for hydroxylation is 1. The number of amides is 2. The summed E-state index contributed by atoms with van der Waals surface area (Å²) in [5, 5.41) is 0. The predicted molar refractivity (Wildman–Crippen MR) is 117 cm³/mol. The molecule has 1 aliphatic rings. The van der Waals surface area contributed by atoms with Crippen LogP contribution in [0.1, 0.15) is 43.4 Å². The Morgan fingerprint density at radius 1 is 1.17 bits per heavy atom. The highest BCUT2D eigenvalue weighted by Gasteiger charge is 2.35. The lowest BCUT2D eigenvalue weighted by molar-refractivity contribution is -0.142. The number of methoxy groups -OCH3 is 1. The molecule has 1 aromatic heterocycles. The van der Waals surface area contributed by atoms with Crippen molar-refractivity contribution in [3.63, 3.8) is 0 Å². The van der Waals surface area contributed by atoms with Crippen LogP contribution in [0.15, 0.2) is 48.7 Å². The van der Waals surface area contributed by atoms with Crippen molar-refractivity contribution in [1.29, 1.82) is 0 Å². The maximum atomic E-state index is 13.4. The molecule has 2 aromatic rings. The zero-order valence-corrected chi connectivity index (χ0v) is 18.3. The monoisotopic (exact) mass is 411 g/mol. The van der Waals surface area contributed by atoms with Gasteiger partial charge in [0.25, 0.3) is 0 Å². The van der Waals surface area contributed by atoms with Crippen molar-refractivity contribution >= 4 is 11.8 Å². The van der Waals surface area contributed by atoms with Crippen LogP contribution in [0.3, 0.4) is 0 Å². The largest absolute Gasteiger partial charge is 0.383 e. The normalized spacial score (nSPS) is 14.4. The van der Waals surface area contributed by atoms with Crippen LogP contribution in [0, 0.1) is 0 Å². The van der Waals surface area contributed by atoms with Crippen LogP contribution in [0.5, 0.6) is 0 Å². The van der Waals surface area contributed by atoms with E-state index in [-0.39, 0.29) is 30.3 Å². The lowest BCUT2D eigenvalue weighted by atomic mass is 9.95. The number of benzene rings is 1. The minimum atomic E-state index is -0.252. The summed E-state index contributed by atoms with van der Waals surface area (Å²) in [7, 11) is 3.61. The molecule has 1 fully saturated rings. The van der Waals surface area contributed by atoms with Gasteiger partial charge < -0.3 is 19.1 Å². The molecule has 0 N–H and O–H groups in total. The molecule has 1 aromatic carbocycles. The van der Waals surface area contributed by atoms with Gasteiger partial charge in [0.05, 0.1) is 25.6 Å². The maximum Gasteiger partial charge on any atom is 0.242 e. The van der Waals surface area contributed by atoms with Crippen molar-refractivity contribution in [3.05, 3.63) is 59.9 Å². The zero-order valence-electron chi connectivity index (χ0n) is 18.3. The SMILES string of the molecule is CCC(C(=O)N(CCOC)CC(=O)N(Cc1cccn1C)C1CC1)c1ccccc1. The molecule has 0 bridgehead atoms. The number of carbonyl (C=O) groups excluding carboxylic acids is 2. The van der Waals surface area contributed by atoms with E-state index in [0.717, 1.165) is 24.1 Å². The smallest absolute Gasteiger partial charge is 0.242 e. The molecule has 0 aliphatic heterocycles. The van der Waals surface area contributed by atoms with Gasteiger partial charge in [-0.05, 0) is 37.0 Å². The topological polar surface area (TPSA) is 54.8 Å². The quantitative estimate of drug-likeness (QED) is 0.571. The number of nitrogens with zero attached hydrogens (tertiary/aromatic N) is 3. The molecule has 1 saturated carbocycles. The van der Waals surface area contributed by atoms with Gasteiger partial charge in [-0.2, -0.15) is 0 Å². The Bertz CT molecular complexity index is 829. The van der Waals surface area contributed by atoms with Gasteiger partial charge in [0, 0.05) is 38.6 Å². The van der Waals surface area contributed by atoms with Crippen LogP contribution in [-0.2, 0) is 27.9 Å². The lowest BCUT2D eigenvalue weighted by Crippen LogP contribution is -2.46. The molecular formula is C24H33N3O3. The third-order valence-electron chi connectivity index (χ3n) is 5.80. The summed E-state index contributed by atoms with van der Waals surface area (Å²) < 4.78 is 7.26. The molecule has 30 heavy (non-hydrogen) atoms. The van der Waals surface area contributed by atoms with Gasteiger partial charge in [-0.25, -0.2) is 0 Å². The van der Waals surface area contributed by atoms with Crippen LogP contribution >= 0.6 is 0 Å². The molecule has 3 rings (SSSR count). The van der Waals surface area contributed by atoms with Gasteiger partial charge in [-0.15, -0.1) is 0 Å². The van der Waals surface area contributed by atoms with E-state index < -0.39 is 0 Å². The van der Waals surface area contributed by atoms with Crippen LogP contribution in [0.25, 0.3) is 0 Å². The van der Waals surface area contributed by atoms with Gasteiger partial charge in [0.2, 0.25) is 11.8 Å². The van der Waals surface area contributed by atoms with Crippen molar-refractivity contribution in [3.8, 4) is 0 Å². The van der Waals surface area contributed by atoms with Crippen molar-refractivity contribution in [2.75, 3.05) is 26.8 Å². The second kappa shape index (κ2) is 10.4. The first-order valence-corrected chi connectivity index (χ1v) is 10.8. The highest BCUT2D eigenvalue weighted by Crippen LogP contribution is 2.29. The molecule has 1 atom stereocenters. The first kappa shape index (κ1) is 22.1. The zero-order chi connectivity index (χ0) is 21.5. The highest BCUT2D eigenvalue weighted by molar-refractivity contribution is 5.88. The highest BCUT2D eigenvalue weighted by atomic mass is 16.5. The average molecular weight is 412 g/mol. The molecule has 0 spiro atoms. The second-order valence-corrected chi connectivity index (χ2v) is 7.99. The predicted octanol–water partition coefficient (Wildman–Crippen LogP) is 3.18. The Balaban J connectivity index is 1.74. The summed E-state index contributed by atoms with van der Waals surface area (Å²) in [5.41, 5.74) is 2.09. The van der Waals surface area contributed by atoms with E-state index in [9.17, 15) is 9.59 Å². The van der Waals surface area contributed by atoms with Crippen LogP contribution in [0.4, 0.5) is 0 Å². The summed E-state index contributed by atoms with van der Waals surface area (Å²) >= 11 is 0. The van der Waals surface area contributed by atoms with Crippen molar-refractivity contribution in [1.82, 2.24) is 14.4 Å². The fourth-order valence-electron chi connectivity index (χ4n) is 3.82. The third kappa shape index (κ3) is 5.51. The first-order valence-electron chi connectivity index (χ1n) is 10.8. The molecule has 1 aliphatic carbocycles. The molecule has 1 heterocycles. The number of rotatable bonds is 11. The van der Waals surface area contributed by atoms with E-state index in [1.165, 1.54) is 0 Å². The fourth-order valence-corrected chi connectivity index (χ4v) is 3.82. The number of carbonyl (C=O) groups is 2. The van der Waals surface area contributed by atoms with Crippen LogP contribution in [0.2, 0.25) is 0 Å². The third-order valence-corrected chi connectivity index (χ3v) is 5.80. The van der Waals surface area contributed by atoms with E-state index in [0.29, 0.717) is 26.1 Å². The fraction of sp³-hybridized carbons (Fsp3) is 0.500. The van der Waals surface area contributed by atoms with E-state index in [1.54, 1.807) is 12.0 Å². The van der Waals surface area contributed by atoms with Gasteiger partial charge in [0.15, 0.2) is 0 Å². The van der Waals surface area contributed by atoms with Crippen LogP contribution in [-0.4, -0.2) is 59.0 Å². The van der Waals surface area contributed by atoms with E-state index in [1.807, 2.05) is 72.1 Å². The van der Waals surface area contributed by atoms with Gasteiger partial charge in [-0.1, -0.05) is 37.3 Å². The standard InChI is InChI=1S/C24H33N3O3/c1-4-22(19-9-6-5-7-10-19)24(29)26(15-16-30-3)18-23(28)27(20-12-13-20)17-21-11-8-14-25(21)2/h5-11,14,20,22H,4,12-13,15-18H2,1-3H3. The van der Waals surface area contributed by atoms with E-state index in [2.05, 4.69) is 0 Å². The number of hydrogen-bond donors (Lipinski definition) is 0. The molecule has 6 nitrogen and oxygen atoms in total. The van der Waals surface area contributed by atoms with Crippen LogP contribution < -0.4 is 0 Å². The van der Waals surface area contributed by atoms with Gasteiger partial charge >= 0.3 is 0 Å². The molecule has 1 unspecified atom stereocenters. The van der Waals surface area contributed by atoms with Crippen molar-refractivity contribution in [2.45, 2.75) is 44.7 Å². The summed E-state index contributed by atoms with van der Waals surface area (Å²) in [4.78, 5) is 30.3. The van der Waals surface area contributed by atoms with Gasteiger partial charge in [-0.3, -0.25) is 9.59 Å². The Labute approximate surface area is 179 Å². The molecule has 162 valence electrons. The van der Waals surface area contributed by atoms with Crippen molar-refractivity contribution < 1.29 is 14.3 Å². The molecule has 6 heteroatoms. The second-order valence-electron chi connectivity index (χ2n) is 7.99. The molecule has 2 amide bonds. The van der Waals surface area contributed by atoms with E-state index in [4.69, 9.17) is 4.74 Å². The molecule has 0 saturated heterocycles. The Hall–Kier alpha value is -2.60. The lowest BCUT2D eigenvalue weighted by Gasteiger charge is -2.30. The molecular weight excluding hydrogens is 378 g/mol. The van der Waals surface area contributed by atoms with Crippen molar-refractivity contribution in [2.24, 2.45) is 7.05 Å². The summed E-state index contributed by atoms with van der Waals surface area (Å²) in [6.07, 6.45) is 4.74. The Morgan fingerprint density at radius 2 is 1.90 bits per heavy atom. The number of hydrogen-bond acceptors (Lipinski definition) is 3. The number of ether oxygens (including phenoxy) is 1. The maximum absolute atomic E-state index is 13.4. The van der Waals surface area contributed by atoms with E-state index >= 15 is 0 Å². The average Bonchev–Trinajstić information content (AvgIpc) is 3.52. The minimum absolute atomic E-state index is 0.00562. The van der Waals surface area contributed by atoms with Gasteiger partial charge in [0.1, 0.15) is 0 Å². The summed E-state index contributed by atoms with van der Waals surface area (Å²) in [6, 6.07) is 14.1.